The van der Waals surface area contributed by atoms with E-state index < -0.39 is 0 Å². The molecule has 0 aliphatic rings. The van der Waals surface area contributed by atoms with Crippen LogP contribution in [0.5, 0.6) is 5.75 Å². The van der Waals surface area contributed by atoms with E-state index >= 15 is 0 Å². The van der Waals surface area contributed by atoms with Crippen molar-refractivity contribution in [3.63, 3.8) is 0 Å². The van der Waals surface area contributed by atoms with E-state index in [1.807, 2.05) is 54.7 Å². The third-order valence-electron chi connectivity index (χ3n) is 6.51. The number of ether oxygens (including phenoxy) is 1. The molecule has 0 atom stereocenters. The molecule has 0 spiro atoms. The van der Waals surface area contributed by atoms with Gasteiger partial charge in [0.1, 0.15) is 29.9 Å². The fourth-order valence-electron chi connectivity index (χ4n) is 4.46. The first-order valence-corrected chi connectivity index (χ1v) is 12.8. The Kier molecular flexibility index (Phi) is 6.91. The predicted molar refractivity (Wildman–Crippen MR) is 156 cm³/mol. The van der Waals surface area contributed by atoms with Crippen molar-refractivity contribution in [3.8, 4) is 28.8 Å². The zero-order valence-electron chi connectivity index (χ0n) is 21.7. The molecule has 41 heavy (non-hydrogen) atoms. The summed E-state index contributed by atoms with van der Waals surface area (Å²) in [7, 11) is 0. The Balaban J connectivity index is 1.42. The average Bonchev–Trinajstić information content (AvgIpc) is 3.44. The normalized spacial score (nSPS) is 11.4. The van der Waals surface area contributed by atoms with E-state index in [4.69, 9.17) is 9.84 Å². The van der Waals surface area contributed by atoms with Crippen molar-refractivity contribution in [1.82, 2.24) is 19.7 Å². The van der Waals surface area contributed by atoms with E-state index in [1.165, 1.54) is 6.07 Å². The van der Waals surface area contributed by atoms with Crippen molar-refractivity contribution in [1.29, 1.82) is 5.26 Å². The summed E-state index contributed by atoms with van der Waals surface area (Å²) in [6, 6.07) is 32.5. The van der Waals surface area contributed by atoms with Crippen LogP contribution >= 0.6 is 0 Å². The van der Waals surface area contributed by atoms with Crippen molar-refractivity contribution < 1.29 is 9.13 Å². The molecule has 6 rings (SSSR count). The number of halogens is 1. The number of hydrogen-bond acceptors (Lipinski definition) is 5. The zero-order valence-corrected chi connectivity index (χ0v) is 21.7. The molecular weight excluding hydrogens is 517 g/mol. The lowest BCUT2D eigenvalue weighted by Crippen LogP contribution is -2.11. The number of nitrogens with one attached hydrogen (secondary N) is 1. The Labute approximate surface area is 234 Å². The molecule has 0 saturated carbocycles. The van der Waals surface area contributed by atoms with Gasteiger partial charge >= 0.3 is 0 Å². The minimum Gasteiger partial charge on any atom is -0.489 e. The molecule has 0 aliphatic carbocycles. The molecule has 2 heterocycles. The second-order valence-electron chi connectivity index (χ2n) is 9.22. The van der Waals surface area contributed by atoms with E-state index in [0.717, 1.165) is 11.3 Å². The molecule has 0 fully saturated rings. The van der Waals surface area contributed by atoms with Gasteiger partial charge in [-0.1, -0.05) is 60.7 Å². The number of rotatable bonds is 7. The van der Waals surface area contributed by atoms with Crippen molar-refractivity contribution in [2.75, 3.05) is 0 Å². The van der Waals surface area contributed by atoms with Crippen LogP contribution in [0, 0.1) is 17.1 Å². The number of nitrogens with zero attached hydrogens (tertiary/aromatic N) is 4. The van der Waals surface area contributed by atoms with Gasteiger partial charge in [0.2, 0.25) is 0 Å². The molecule has 0 bridgehead atoms. The van der Waals surface area contributed by atoms with Crippen LogP contribution in [0.15, 0.2) is 114 Å². The molecule has 198 valence electrons. The van der Waals surface area contributed by atoms with Crippen LogP contribution in [0.1, 0.15) is 17.0 Å². The maximum Gasteiger partial charge on any atom is 0.259 e. The molecule has 0 saturated heterocycles. The van der Waals surface area contributed by atoms with E-state index in [9.17, 15) is 14.4 Å². The third kappa shape index (κ3) is 5.37. The Morgan fingerprint density at radius 3 is 2.59 bits per heavy atom. The van der Waals surface area contributed by atoms with Gasteiger partial charge in [-0.2, -0.15) is 10.4 Å². The highest BCUT2D eigenvalue weighted by atomic mass is 19.1. The minimum absolute atomic E-state index is 0.0704. The monoisotopic (exact) mass is 539 g/mol. The van der Waals surface area contributed by atoms with Crippen molar-refractivity contribution in [2.45, 2.75) is 6.61 Å². The summed E-state index contributed by atoms with van der Waals surface area (Å²) in [5.74, 6) is 0.370. The number of H-pyrrole nitrogens is 1. The lowest BCUT2D eigenvalue weighted by molar-refractivity contribution is 0.300. The maximum absolute atomic E-state index is 14.1. The van der Waals surface area contributed by atoms with Crippen LogP contribution in [0.3, 0.4) is 0 Å². The van der Waals surface area contributed by atoms with Crippen molar-refractivity contribution >= 4 is 22.6 Å². The fourth-order valence-corrected chi connectivity index (χ4v) is 4.46. The third-order valence-corrected chi connectivity index (χ3v) is 6.51. The van der Waals surface area contributed by atoms with E-state index in [2.05, 4.69) is 16.0 Å². The number of para-hydroxylation sites is 2. The van der Waals surface area contributed by atoms with Gasteiger partial charge in [-0.3, -0.25) is 4.79 Å². The second kappa shape index (κ2) is 11.1. The summed E-state index contributed by atoms with van der Waals surface area (Å²) < 4.78 is 21.7. The molecule has 1 N–H and O–H groups in total. The van der Waals surface area contributed by atoms with Gasteiger partial charge in [0, 0.05) is 22.9 Å². The predicted octanol–water partition coefficient (Wildman–Crippen LogP) is 6.56. The SMILES string of the molecule is N#C/C(=C\c1cn(-c2ccccc2)nc1-c1cccc(OCc2ccccc2F)c1)c1nc2ccccc2c(=O)[nH]1. The number of aromatic nitrogens is 4. The molecule has 0 radical (unpaired) electrons. The first-order chi connectivity index (χ1) is 20.1. The van der Waals surface area contributed by atoms with E-state index in [0.29, 0.717) is 33.5 Å². The first-order valence-electron chi connectivity index (χ1n) is 12.8. The van der Waals surface area contributed by atoms with Crippen LogP contribution in [-0.2, 0) is 6.61 Å². The summed E-state index contributed by atoms with van der Waals surface area (Å²) in [6.45, 7) is 0.0704. The van der Waals surface area contributed by atoms with Gasteiger partial charge in [-0.05, 0) is 48.5 Å². The molecule has 0 aliphatic heterocycles. The highest BCUT2D eigenvalue weighted by Gasteiger charge is 2.15. The quantitative estimate of drug-likeness (QED) is 0.232. The molecule has 8 heteroatoms. The minimum atomic E-state index is -0.331. The molecule has 6 aromatic rings. The molecule has 4 aromatic carbocycles. The lowest BCUT2D eigenvalue weighted by atomic mass is 10.1. The number of hydrogen-bond donors (Lipinski definition) is 1. The summed E-state index contributed by atoms with van der Waals surface area (Å²) in [4.78, 5) is 19.9. The molecule has 0 unspecified atom stereocenters. The largest absolute Gasteiger partial charge is 0.489 e. The van der Waals surface area contributed by atoms with Crippen LogP contribution in [0.4, 0.5) is 4.39 Å². The second-order valence-corrected chi connectivity index (χ2v) is 9.22. The number of benzene rings is 4. The molecular formula is C33H22FN5O2. The van der Waals surface area contributed by atoms with Crippen molar-refractivity contribution in [2.24, 2.45) is 0 Å². The van der Waals surface area contributed by atoms with Gasteiger partial charge in [0.25, 0.3) is 5.56 Å². The molecule has 0 amide bonds. The van der Waals surface area contributed by atoms with Crippen LogP contribution < -0.4 is 10.3 Å². The van der Waals surface area contributed by atoms with Crippen LogP contribution in [-0.4, -0.2) is 19.7 Å². The first kappa shape index (κ1) is 25.5. The van der Waals surface area contributed by atoms with Crippen molar-refractivity contribution in [3.05, 3.63) is 142 Å². The Bertz CT molecular complexity index is 2000. The number of allylic oxidation sites excluding steroid dienone is 1. The number of aromatic amines is 1. The Hall–Kier alpha value is -5.81. The summed E-state index contributed by atoms with van der Waals surface area (Å²) >= 11 is 0. The van der Waals surface area contributed by atoms with E-state index in [-0.39, 0.29) is 29.4 Å². The van der Waals surface area contributed by atoms with Gasteiger partial charge < -0.3 is 9.72 Å². The number of nitriles is 1. The topological polar surface area (TPSA) is 96.6 Å². The van der Waals surface area contributed by atoms with Crippen LogP contribution in [0.25, 0.3) is 39.5 Å². The van der Waals surface area contributed by atoms with E-state index in [1.54, 1.807) is 59.3 Å². The summed E-state index contributed by atoms with van der Waals surface area (Å²) in [5.41, 5.74) is 3.57. The Morgan fingerprint density at radius 2 is 1.76 bits per heavy atom. The standard InChI is InChI=1S/C33H22FN5O2/c34-29-15-6-4-9-23(29)21-41-27-13-8-10-22(18-27)31-25(20-39(38-31)26-11-2-1-3-12-26)17-24(19-35)32-36-30-16-7-5-14-28(30)33(40)37-32/h1-18,20H,21H2,(H,36,37,40)/b24-17+. The molecule has 2 aromatic heterocycles. The number of fused-ring (bicyclic) bond motifs is 1. The van der Waals surface area contributed by atoms with Crippen LogP contribution in [0.2, 0.25) is 0 Å². The highest BCUT2D eigenvalue weighted by Crippen LogP contribution is 2.30. The maximum atomic E-state index is 14.1. The van der Waals surface area contributed by atoms with Gasteiger partial charge in [0.05, 0.1) is 22.2 Å². The average molecular weight is 540 g/mol. The lowest BCUT2D eigenvalue weighted by Gasteiger charge is -2.09. The summed E-state index contributed by atoms with van der Waals surface area (Å²) in [6.07, 6.45) is 3.47. The zero-order chi connectivity index (χ0) is 28.2. The smallest absolute Gasteiger partial charge is 0.259 e. The van der Waals surface area contributed by atoms with Gasteiger partial charge in [0.15, 0.2) is 5.82 Å². The summed E-state index contributed by atoms with van der Waals surface area (Å²) in [5, 5.41) is 15.3. The highest BCUT2D eigenvalue weighted by molar-refractivity contribution is 5.91. The fraction of sp³-hybridized carbons (Fsp3) is 0.0303. The molecule has 7 nitrogen and oxygen atoms in total. The van der Waals surface area contributed by atoms with Gasteiger partial charge in [-0.15, -0.1) is 0 Å². The Morgan fingerprint density at radius 1 is 0.976 bits per heavy atom. The van der Waals surface area contributed by atoms with Gasteiger partial charge in [-0.25, -0.2) is 14.1 Å².